The molecule has 1 atom stereocenters. The van der Waals surface area contributed by atoms with E-state index < -0.39 is 0 Å². The van der Waals surface area contributed by atoms with E-state index in [4.69, 9.17) is 12.2 Å². The number of hydrogen-bond acceptors (Lipinski definition) is 1. The first-order valence-corrected chi connectivity index (χ1v) is 8.20. The summed E-state index contributed by atoms with van der Waals surface area (Å²) in [5.41, 5.74) is 2.35. The predicted octanol–water partition coefficient (Wildman–Crippen LogP) is 4.76. The van der Waals surface area contributed by atoms with E-state index in [-0.39, 0.29) is 0 Å². The molecule has 0 aromatic heterocycles. The van der Waals surface area contributed by atoms with E-state index in [1.165, 1.54) is 5.56 Å². The van der Waals surface area contributed by atoms with Crippen molar-refractivity contribution in [3.8, 4) is 0 Å². The van der Waals surface area contributed by atoms with Gasteiger partial charge in [-0.2, -0.15) is 0 Å². The van der Waals surface area contributed by atoms with Gasteiger partial charge in [0.1, 0.15) is 0 Å². The summed E-state index contributed by atoms with van der Waals surface area (Å²) >= 11 is 8.76. The van der Waals surface area contributed by atoms with Crippen LogP contribution in [0.15, 0.2) is 59.1 Å². The second-order valence-corrected chi connectivity index (χ2v) is 6.35. The van der Waals surface area contributed by atoms with Crippen molar-refractivity contribution >= 4 is 38.9 Å². The maximum Gasteiger partial charge on any atom is 0.170 e. The van der Waals surface area contributed by atoms with Crippen molar-refractivity contribution in [3.63, 3.8) is 0 Å². The Morgan fingerprint density at radius 1 is 1.10 bits per heavy atom. The van der Waals surface area contributed by atoms with Crippen LogP contribution in [-0.4, -0.2) is 11.2 Å². The first-order valence-electron chi connectivity index (χ1n) is 7.00. The second-order valence-electron chi connectivity index (χ2n) is 5.03. The summed E-state index contributed by atoms with van der Waals surface area (Å²) in [5, 5.41) is 7.18. The minimum absolute atomic E-state index is 0.334. The van der Waals surface area contributed by atoms with Crippen LogP contribution in [0.5, 0.6) is 0 Å². The number of rotatable bonds is 5. The lowest BCUT2D eigenvalue weighted by molar-refractivity contribution is 0.609. The second kappa shape index (κ2) is 8.15. The number of nitrogens with one attached hydrogen (secondary N) is 2. The number of aryl methyl sites for hydroxylation is 1. The third kappa shape index (κ3) is 5.86. The molecule has 21 heavy (non-hydrogen) atoms. The van der Waals surface area contributed by atoms with Gasteiger partial charge in [-0.25, -0.2) is 0 Å². The largest absolute Gasteiger partial charge is 0.360 e. The highest BCUT2D eigenvalue weighted by atomic mass is 79.9. The molecular weight excluding hydrogens is 344 g/mol. The normalized spacial score (nSPS) is 11.7. The molecule has 0 heterocycles. The van der Waals surface area contributed by atoms with E-state index >= 15 is 0 Å². The average molecular weight is 363 g/mol. The molecule has 2 nitrogen and oxygen atoms in total. The molecule has 0 radical (unpaired) electrons. The molecule has 2 rings (SSSR count). The minimum Gasteiger partial charge on any atom is -0.360 e. The lowest BCUT2D eigenvalue weighted by Crippen LogP contribution is -2.36. The van der Waals surface area contributed by atoms with E-state index in [2.05, 4.69) is 57.8 Å². The lowest BCUT2D eigenvalue weighted by atomic mass is 10.1. The molecule has 0 saturated carbocycles. The van der Waals surface area contributed by atoms with Crippen molar-refractivity contribution in [2.75, 3.05) is 5.32 Å². The third-order valence-corrected chi connectivity index (χ3v) is 3.94. The van der Waals surface area contributed by atoms with Gasteiger partial charge in [0.15, 0.2) is 5.11 Å². The fourth-order valence-electron chi connectivity index (χ4n) is 2.02. The molecule has 0 aliphatic heterocycles. The third-order valence-electron chi connectivity index (χ3n) is 3.19. The Morgan fingerprint density at radius 2 is 1.76 bits per heavy atom. The molecule has 0 amide bonds. The Hall–Kier alpha value is -1.39. The summed E-state index contributed by atoms with van der Waals surface area (Å²) < 4.78 is 1.06. The van der Waals surface area contributed by atoms with E-state index in [1.807, 2.05) is 30.3 Å². The van der Waals surface area contributed by atoms with E-state index in [0.29, 0.717) is 11.2 Å². The maximum atomic E-state index is 5.34. The highest BCUT2D eigenvalue weighted by Gasteiger charge is 2.05. The quantitative estimate of drug-likeness (QED) is 0.750. The van der Waals surface area contributed by atoms with Gasteiger partial charge in [-0.05, 0) is 61.8 Å². The molecule has 0 aliphatic carbocycles. The molecule has 0 bridgehead atoms. The zero-order chi connectivity index (χ0) is 15.1. The standard InChI is InChI=1S/C17H19BrN2S/c1-13(7-8-14-5-3-2-4-6-14)19-17(21)20-16-11-9-15(18)10-12-16/h2-6,9-13H,7-8H2,1H3,(H2,19,20,21). The molecule has 4 heteroatoms. The Balaban J connectivity index is 1.75. The summed E-state index contributed by atoms with van der Waals surface area (Å²) in [4.78, 5) is 0. The number of halogens is 1. The van der Waals surface area contributed by atoms with Gasteiger partial charge in [0.2, 0.25) is 0 Å². The van der Waals surface area contributed by atoms with Crippen LogP contribution in [0.25, 0.3) is 0 Å². The summed E-state index contributed by atoms with van der Waals surface area (Å²) in [5.74, 6) is 0. The Labute approximate surface area is 140 Å². The van der Waals surface area contributed by atoms with Crippen molar-refractivity contribution in [3.05, 3.63) is 64.6 Å². The molecule has 2 aromatic carbocycles. The summed E-state index contributed by atoms with van der Waals surface area (Å²) in [6.07, 6.45) is 2.10. The molecular formula is C17H19BrN2S. The van der Waals surface area contributed by atoms with Crippen molar-refractivity contribution < 1.29 is 0 Å². The van der Waals surface area contributed by atoms with Crippen LogP contribution in [0.4, 0.5) is 5.69 Å². The molecule has 1 unspecified atom stereocenters. The van der Waals surface area contributed by atoms with Gasteiger partial charge in [-0.3, -0.25) is 0 Å². The molecule has 0 fully saturated rings. The van der Waals surface area contributed by atoms with E-state index in [9.17, 15) is 0 Å². The van der Waals surface area contributed by atoms with Crippen molar-refractivity contribution in [2.24, 2.45) is 0 Å². The van der Waals surface area contributed by atoms with E-state index in [0.717, 1.165) is 23.0 Å². The number of thiocarbonyl (C=S) groups is 1. The number of anilines is 1. The van der Waals surface area contributed by atoms with Crippen molar-refractivity contribution in [2.45, 2.75) is 25.8 Å². The molecule has 2 N–H and O–H groups in total. The zero-order valence-electron chi connectivity index (χ0n) is 12.0. The predicted molar refractivity (Wildman–Crippen MR) is 97.7 cm³/mol. The van der Waals surface area contributed by atoms with Crippen LogP contribution < -0.4 is 10.6 Å². The zero-order valence-corrected chi connectivity index (χ0v) is 14.4. The molecule has 0 saturated heterocycles. The van der Waals surface area contributed by atoms with Crippen LogP contribution in [0, 0.1) is 0 Å². The number of hydrogen-bond donors (Lipinski definition) is 2. The monoisotopic (exact) mass is 362 g/mol. The summed E-state index contributed by atoms with van der Waals surface area (Å²) in [6, 6.07) is 18.8. The van der Waals surface area contributed by atoms with Crippen molar-refractivity contribution in [1.29, 1.82) is 0 Å². The lowest BCUT2D eigenvalue weighted by Gasteiger charge is -2.17. The van der Waals surface area contributed by atoms with Gasteiger partial charge in [0.05, 0.1) is 0 Å². The van der Waals surface area contributed by atoms with Gasteiger partial charge < -0.3 is 10.6 Å². The smallest absolute Gasteiger partial charge is 0.170 e. The summed E-state index contributed by atoms with van der Waals surface area (Å²) in [7, 11) is 0. The van der Waals surface area contributed by atoms with Crippen LogP contribution in [0.1, 0.15) is 18.9 Å². The summed E-state index contributed by atoms with van der Waals surface area (Å²) in [6.45, 7) is 2.15. The fourth-order valence-corrected chi connectivity index (χ4v) is 2.61. The maximum absolute atomic E-state index is 5.34. The average Bonchev–Trinajstić information content (AvgIpc) is 2.48. The van der Waals surface area contributed by atoms with Gasteiger partial charge in [0.25, 0.3) is 0 Å². The van der Waals surface area contributed by atoms with Crippen LogP contribution >= 0.6 is 28.1 Å². The Kier molecular flexibility index (Phi) is 6.21. The molecule has 0 aliphatic rings. The molecule has 110 valence electrons. The highest BCUT2D eigenvalue weighted by molar-refractivity contribution is 9.10. The molecule has 2 aromatic rings. The first kappa shape index (κ1) is 16.0. The Morgan fingerprint density at radius 3 is 2.43 bits per heavy atom. The van der Waals surface area contributed by atoms with E-state index in [1.54, 1.807) is 0 Å². The van der Waals surface area contributed by atoms with Gasteiger partial charge >= 0.3 is 0 Å². The number of benzene rings is 2. The first-order chi connectivity index (χ1) is 10.1. The van der Waals surface area contributed by atoms with Crippen molar-refractivity contribution in [1.82, 2.24) is 5.32 Å². The van der Waals surface area contributed by atoms with Gasteiger partial charge in [-0.15, -0.1) is 0 Å². The van der Waals surface area contributed by atoms with Gasteiger partial charge in [0, 0.05) is 16.2 Å². The van der Waals surface area contributed by atoms with Crippen LogP contribution in [-0.2, 0) is 6.42 Å². The highest BCUT2D eigenvalue weighted by Crippen LogP contribution is 2.14. The Bertz CT molecular complexity index is 569. The van der Waals surface area contributed by atoms with Gasteiger partial charge in [-0.1, -0.05) is 46.3 Å². The van der Waals surface area contributed by atoms with Crippen LogP contribution in [0.3, 0.4) is 0 Å². The topological polar surface area (TPSA) is 24.1 Å². The minimum atomic E-state index is 0.334. The molecule has 0 spiro atoms. The fraction of sp³-hybridized carbons (Fsp3) is 0.235. The SMILES string of the molecule is CC(CCc1ccccc1)NC(=S)Nc1ccc(Br)cc1. The van der Waals surface area contributed by atoms with Crippen LogP contribution in [0.2, 0.25) is 0 Å².